The Morgan fingerprint density at radius 2 is 1.67 bits per heavy atom. The van der Waals surface area contributed by atoms with E-state index in [1.165, 1.54) is 12.1 Å². The van der Waals surface area contributed by atoms with E-state index in [0.717, 1.165) is 5.56 Å². The first-order chi connectivity index (χ1) is 8.58. The van der Waals surface area contributed by atoms with Crippen molar-refractivity contribution in [2.24, 2.45) is 5.73 Å². The molecule has 0 heterocycles. The van der Waals surface area contributed by atoms with Crippen LogP contribution in [0.3, 0.4) is 0 Å². The van der Waals surface area contributed by atoms with Crippen molar-refractivity contribution in [2.45, 2.75) is 12.5 Å². The van der Waals surface area contributed by atoms with E-state index in [-0.39, 0.29) is 11.9 Å². The Labute approximate surface area is 115 Å². The summed E-state index contributed by atoms with van der Waals surface area (Å²) in [7, 11) is 0. The third kappa shape index (κ3) is 3.02. The number of nitrogens with two attached hydrogens (primary N) is 1. The fourth-order valence-electron chi connectivity index (χ4n) is 1.88. The maximum absolute atomic E-state index is 13.1. The largest absolute Gasteiger partial charge is 0.324 e. The smallest absolute Gasteiger partial charge is 0.123 e. The maximum Gasteiger partial charge on any atom is 0.123 e. The van der Waals surface area contributed by atoms with Gasteiger partial charge in [-0.3, -0.25) is 0 Å². The molecule has 0 fully saturated rings. The van der Waals surface area contributed by atoms with Crippen LogP contribution in [-0.4, -0.2) is 0 Å². The van der Waals surface area contributed by atoms with Crippen LogP contribution in [-0.2, 0) is 6.42 Å². The molecule has 0 saturated carbocycles. The van der Waals surface area contributed by atoms with Crippen LogP contribution in [0.5, 0.6) is 0 Å². The van der Waals surface area contributed by atoms with Crippen LogP contribution in [0.15, 0.2) is 42.5 Å². The van der Waals surface area contributed by atoms with Gasteiger partial charge in [0, 0.05) is 21.7 Å². The van der Waals surface area contributed by atoms with Gasteiger partial charge in [-0.25, -0.2) is 4.39 Å². The van der Waals surface area contributed by atoms with Crippen molar-refractivity contribution in [1.82, 2.24) is 0 Å². The Morgan fingerprint density at radius 3 is 2.28 bits per heavy atom. The van der Waals surface area contributed by atoms with E-state index in [1.54, 1.807) is 24.3 Å². The van der Waals surface area contributed by atoms with Crippen LogP contribution in [0.25, 0.3) is 0 Å². The molecule has 0 bridgehead atoms. The highest BCUT2D eigenvalue weighted by atomic mass is 35.5. The molecule has 2 N–H and O–H groups in total. The van der Waals surface area contributed by atoms with Crippen LogP contribution in [0.1, 0.15) is 17.2 Å². The summed E-state index contributed by atoms with van der Waals surface area (Å²) in [4.78, 5) is 0. The molecule has 0 spiro atoms. The second kappa shape index (κ2) is 5.70. The minimum Gasteiger partial charge on any atom is -0.324 e. The number of rotatable bonds is 3. The highest BCUT2D eigenvalue weighted by Gasteiger charge is 2.14. The fraction of sp³-hybridized carbons (Fsp3) is 0.143. The standard InChI is InChI=1S/C14H12Cl2FN/c15-11-5-2-6-12(16)14(11)13(18)8-9-3-1-4-10(17)7-9/h1-7,13H,8,18H2. The van der Waals surface area contributed by atoms with Gasteiger partial charge in [-0.1, -0.05) is 41.4 Å². The summed E-state index contributed by atoms with van der Waals surface area (Å²) in [6.45, 7) is 0. The summed E-state index contributed by atoms with van der Waals surface area (Å²) in [5, 5.41) is 1.07. The predicted molar refractivity (Wildman–Crippen MR) is 73.5 cm³/mol. The zero-order chi connectivity index (χ0) is 13.1. The van der Waals surface area contributed by atoms with Crippen LogP contribution in [0.2, 0.25) is 10.0 Å². The molecule has 2 aromatic rings. The SMILES string of the molecule is NC(Cc1cccc(F)c1)c1c(Cl)cccc1Cl. The van der Waals surface area contributed by atoms with Gasteiger partial charge in [0.1, 0.15) is 5.82 Å². The third-order valence-electron chi connectivity index (χ3n) is 2.72. The normalized spacial score (nSPS) is 12.4. The van der Waals surface area contributed by atoms with E-state index in [9.17, 15) is 4.39 Å². The van der Waals surface area contributed by atoms with Gasteiger partial charge in [0.25, 0.3) is 0 Å². The molecule has 0 amide bonds. The molecule has 0 radical (unpaired) electrons. The van der Waals surface area contributed by atoms with Gasteiger partial charge in [-0.15, -0.1) is 0 Å². The summed E-state index contributed by atoms with van der Waals surface area (Å²) in [5.41, 5.74) is 7.60. The first-order valence-corrected chi connectivity index (χ1v) is 6.27. The van der Waals surface area contributed by atoms with Crippen LogP contribution < -0.4 is 5.73 Å². The van der Waals surface area contributed by atoms with Crippen molar-refractivity contribution >= 4 is 23.2 Å². The molecule has 0 aliphatic heterocycles. The number of halogens is 3. The minimum atomic E-state index is -0.354. The number of benzene rings is 2. The molecular weight excluding hydrogens is 272 g/mol. The Kier molecular flexibility index (Phi) is 4.23. The lowest BCUT2D eigenvalue weighted by atomic mass is 9.99. The van der Waals surface area contributed by atoms with E-state index in [1.807, 2.05) is 6.07 Å². The number of hydrogen-bond donors (Lipinski definition) is 1. The average molecular weight is 284 g/mol. The Hall–Kier alpha value is -1.09. The molecule has 18 heavy (non-hydrogen) atoms. The molecule has 94 valence electrons. The van der Waals surface area contributed by atoms with Gasteiger partial charge in [0.05, 0.1) is 0 Å². The summed E-state index contributed by atoms with van der Waals surface area (Å²) in [5.74, 6) is -0.273. The van der Waals surface area contributed by atoms with Gasteiger partial charge in [0.15, 0.2) is 0 Å². The van der Waals surface area contributed by atoms with Crippen molar-refractivity contribution in [1.29, 1.82) is 0 Å². The molecule has 0 saturated heterocycles. The topological polar surface area (TPSA) is 26.0 Å². The quantitative estimate of drug-likeness (QED) is 0.889. The Bertz CT molecular complexity index is 537. The summed E-state index contributed by atoms with van der Waals surface area (Å²) in [6.07, 6.45) is 0.487. The van der Waals surface area contributed by atoms with Gasteiger partial charge >= 0.3 is 0 Å². The highest BCUT2D eigenvalue weighted by Crippen LogP contribution is 2.30. The van der Waals surface area contributed by atoms with Gasteiger partial charge in [0.2, 0.25) is 0 Å². The van der Waals surface area contributed by atoms with E-state index < -0.39 is 0 Å². The zero-order valence-corrected chi connectivity index (χ0v) is 11.0. The molecule has 0 aliphatic carbocycles. The van der Waals surface area contributed by atoms with Crippen LogP contribution in [0.4, 0.5) is 4.39 Å². The first kappa shape index (κ1) is 13.3. The van der Waals surface area contributed by atoms with E-state index >= 15 is 0 Å². The van der Waals surface area contributed by atoms with Gasteiger partial charge < -0.3 is 5.73 Å². The summed E-state index contributed by atoms with van der Waals surface area (Å²) < 4.78 is 13.1. The average Bonchev–Trinajstić information content (AvgIpc) is 2.28. The maximum atomic E-state index is 13.1. The second-order valence-electron chi connectivity index (χ2n) is 4.08. The van der Waals surface area contributed by atoms with Crippen molar-refractivity contribution in [2.75, 3.05) is 0 Å². The van der Waals surface area contributed by atoms with Crippen molar-refractivity contribution in [3.63, 3.8) is 0 Å². The molecule has 2 rings (SSSR count). The first-order valence-electron chi connectivity index (χ1n) is 5.52. The fourth-order valence-corrected chi connectivity index (χ4v) is 2.56. The van der Waals surface area contributed by atoms with Gasteiger partial charge in [-0.2, -0.15) is 0 Å². The second-order valence-corrected chi connectivity index (χ2v) is 4.89. The Balaban J connectivity index is 2.25. The molecule has 1 unspecified atom stereocenters. The lowest BCUT2D eigenvalue weighted by Crippen LogP contribution is -2.14. The predicted octanol–water partition coefficient (Wildman–Crippen LogP) is 4.38. The van der Waals surface area contributed by atoms with Crippen molar-refractivity contribution in [3.05, 3.63) is 69.5 Å². The summed E-state index contributed by atoms with van der Waals surface area (Å²) in [6, 6.07) is 11.3. The molecule has 2 aromatic carbocycles. The molecule has 1 nitrogen and oxygen atoms in total. The molecule has 0 aromatic heterocycles. The molecule has 4 heteroatoms. The van der Waals surface area contributed by atoms with Crippen LogP contribution in [0, 0.1) is 5.82 Å². The van der Waals surface area contributed by atoms with Crippen molar-refractivity contribution in [3.8, 4) is 0 Å². The molecular formula is C14H12Cl2FN. The van der Waals surface area contributed by atoms with E-state index in [2.05, 4.69) is 0 Å². The van der Waals surface area contributed by atoms with Crippen LogP contribution >= 0.6 is 23.2 Å². The monoisotopic (exact) mass is 283 g/mol. The molecule has 1 atom stereocenters. The van der Waals surface area contributed by atoms with E-state index in [4.69, 9.17) is 28.9 Å². The summed E-state index contributed by atoms with van der Waals surface area (Å²) >= 11 is 12.2. The third-order valence-corrected chi connectivity index (χ3v) is 3.37. The zero-order valence-electron chi connectivity index (χ0n) is 9.54. The highest BCUT2D eigenvalue weighted by molar-refractivity contribution is 6.36. The Morgan fingerprint density at radius 1 is 1.06 bits per heavy atom. The molecule has 0 aliphatic rings. The lowest BCUT2D eigenvalue weighted by Gasteiger charge is -2.15. The van der Waals surface area contributed by atoms with Crippen molar-refractivity contribution < 1.29 is 4.39 Å². The van der Waals surface area contributed by atoms with Gasteiger partial charge in [-0.05, 0) is 36.2 Å². The van der Waals surface area contributed by atoms with E-state index in [0.29, 0.717) is 22.0 Å². The lowest BCUT2D eigenvalue weighted by molar-refractivity contribution is 0.622. The minimum absolute atomic E-state index is 0.273. The number of hydrogen-bond acceptors (Lipinski definition) is 1.